The lowest BCUT2D eigenvalue weighted by molar-refractivity contribution is 0.102. The number of benzene rings is 2. The highest BCUT2D eigenvalue weighted by molar-refractivity contribution is 6.33. The van der Waals surface area contributed by atoms with Crippen LogP contribution in [0.25, 0.3) is 0 Å². The fraction of sp³-hybridized carbons (Fsp3) is 0.200. The maximum Gasteiger partial charge on any atom is 0.260 e. The van der Waals surface area contributed by atoms with E-state index >= 15 is 0 Å². The molecule has 0 saturated heterocycles. The van der Waals surface area contributed by atoms with Crippen LogP contribution in [0.4, 0.5) is 5.69 Å². The van der Waals surface area contributed by atoms with Gasteiger partial charge in [-0.1, -0.05) is 47.5 Å². The molecule has 5 nitrogen and oxygen atoms in total. The summed E-state index contributed by atoms with van der Waals surface area (Å²) >= 11 is 6.45. The van der Waals surface area contributed by atoms with Gasteiger partial charge in [0, 0.05) is 11.8 Å². The number of nitrogens with zero attached hydrogens (tertiary/aromatic N) is 2. The van der Waals surface area contributed by atoms with Gasteiger partial charge in [-0.3, -0.25) is 4.79 Å². The van der Waals surface area contributed by atoms with E-state index in [1.807, 2.05) is 43.3 Å². The Morgan fingerprint density at radius 3 is 2.62 bits per heavy atom. The van der Waals surface area contributed by atoms with E-state index in [4.69, 9.17) is 16.3 Å². The summed E-state index contributed by atoms with van der Waals surface area (Å²) in [5, 5.41) is 7.59. The summed E-state index contributed by atoms with van der Waals surface area (Å²) in [6.45, 7) is 4.32. The van der Waals surface area contributed by atoms with Gasteiger partial charge in [0.2, 0.25) is 0 Å². The fourth-order valence-corrected chi connectivity index (χ4v) is 3.00. The molecule has 0 aliphatic carbocycles. The second-order valence-corrected chi connectivity index (χ2v) is 6.44. The first-order valence-corrected chi connectivity index (χ1v) is 8.59. The Labute approximate surface area is 157 Å². The first-order valence-electron chi connectivity index (χ1n) is 8.22. The number of carbonyl (C=O) groups is 1. The third kappa shape index (κ3) is 3.89. The first kappa shape index (κ1) is 18.0. The van der Waals surface area contributed by atoms with E-state index in [1.54, 1.807) is 30.8 Å². The lowest BCUT2D eigenvalue weighted by Gasteiger charge is -2.07. The van der Waals surface area contributed by atoms with Gasteiger partial charge in [-0.2, -0.15) is 5.10 Å². The molecule has 26 heavy (non-hydrogen) atoms. The lowest BCUT2D eigenvalue weighted by atomic mass is 10.1. The van der Waals surface area contributed by atoms with Crippen LogP contribution in [-0.4, -0.2) is 22.8 Å². The summed E-state index contributed by atoms with van der Waals surface area (Å²) < 4.78 is 6.82. The first-order chi connectivity index (χ1) is 12.5. The zero-order valence-corrected chi connectivity index (χ0v) is 15.7. The van der Waals surface area contributed by atoms with Crippen LogP contribution >= 0.6 is 11.6 Å². The molecule has 0 fully saturated rings. The summed E-state index contributed by atoms with van der Waals surface area (Å²) in [6, 6.07) is 15.3. The second-order valence-electron chi connectivity index (χ2n) is 6.08. The number of carbonyl (C=O) groups excluding carboxylic acids is 1. The van der Waals surface area contributed by atoms with E-state index in [0.29, 0.717) is 34.4 Å². The van der Waals surface area contributed by atoms with Crippen molar-refractivity contribution in [3.63, 3.8) is 0 Å². The number of aromatic nitrogens is 2. The summed E-state index contributed by atoms with van der Waals surface area (Å²) in [7, 11) is 1.58. The van der Waals surface area contributed by atoms with Crippen molar-refractivity contribution in [1.82, 2.24) is 9.78 Å². The van der Waals surface area contributed by atoms with E-state index in [1.165, 1.54) is 5.56 Å². The van der Waals surface area contributed by atoms with Crippen molar-refractivity contribution in [3.05, 3.63) is 76.1 Å². The number of hydrogen-bond acceptors (Lipinski definition) is 3. The molecule has 1 aromatic heterocycles. The molecule has 3 rings (SSSR count). The molecule has 0 spiro atoms. The standard InChI is InChI=1S/C20H20ClN3O2/c1-13-7-9-15(10-8-13)12-24-19(21)18(14(2)23-24)20(25)22-16-5-4-6-17(11-16)26-3/h4-11H,12H2,1-3H3,(H,22,25). The molecule has 1 heterocycles. The number of aryl methyl sites for hydroxylation is 2. The molecule has 0 aliphatic rings. The van der Waals surface area contributed by atoms with Gasteiger partial charge >= 0.3 is 0 Å². The maximum absolute atomic E-state index is 12.7. The van der Waals surface area contributed by atoms with Crippen molar-refractivity contribution < 1.29 is 9.53 Å². The Morgan fingerprint density at radius 2 is 1.92 bits per heavy atom. The van der Waals surface area contributed by atoms with Gasteiger partial charge in [0.05, 0.1) is 24.9 Å². The van der Waals surface area contributed by atoms with Crippen molar-refractivity contribution in [1.29, 1.82) is 0 Å². The lowest BCUT2D eigenvalue weighted by Crippen LogP contribution is -2.13. The van der Waals surface area contributed by atoms with Crippen molar-refractivity contribution in [3.8, 4) is 5.75 Å². The van der Waals surface area contributed by atoms with Crippen LogP contribution in [-0.2, 0) is 6.54 Å². The molecule has 0 unspecified atom stereocenters. The van der Waals surface area contributed by atoms with E-state index in [2.05, 4.69) is 10.4 Å². The Kier molecular flexibility index (Phi) is 5.28. The van der Waals surface area contributed by atoms with Gasteiger partial charge in [0.15, 0.2) is 0 Å². The Bertz CT molecular complexity index is 933. The van der Waals surface area contributed by atoms with Crippen molar-refractivity contribution >= 4 is 23.2 Å². The van der Waals surface area contributed by atoms with E-state index < -0.39 is 0 Å². The van der Waals surface area contributed by atoms with Gasteiger partial charge in [-0.15, -0.1) is 0 Å². The van der Waals surface area contributed by atoms with Crippen LogP contribution in [0.15, 0.2) is 48.5 Å². The highest BCUT2D eigenvalue weighted by Crippen LogP contribution is 2.23. The molecule has 2 aromatic carbocycles. The number of hydrogen-bond donors (Lipinski definition) is 1. The number of halogens is 1. The molecular formula is C20H20ClN3O2. The van der Waals surface area contributed by atoms with Crippen molar-refractivity contribution in [2.24, 2.45) is 0 Å². The number of nitrogens with one attached hydrogen (secondary N) is 1. The number of methoxy groups -OCH3 is 1. The second kappa shape index (κ2) is 7.62. The molecular weight excluding hydrogens is 350 g/mol. The fourth-order valence-electron chi connectivity index (χ4n) is 2.68. The quantitative estimate of drug-likeness (QED) is 0.722. The van der Waals surface area contributed by atoms with E-state index in [-0.39, 0.29) is 5.91 Å². The van der Waals surface area contributed by atoms with Gasteiger partial charge in [-0.25, -0.2) is 4.68 Å². The van der Waals surface area contributed by atoms with Crippen LogP contribution < -0.4 is 10.1 Å². The highest BCUT2D eigenvalue weighted by atomic mass is 35.5. The van der Waals surface area contributed by atoms with Crippen LogP contribution in [0, 0.1) is 13.8 Å². The predicted octanol–water partition coefficient (Wildman–Crippen LogP) is 4.46. The van der Waals surface area contributed by atoms with Gasteiger partial charge < -0.3 is 10.1 Å². The molecule has 0 aliphatic heterocycles. The number of rotatable bonds is 5. The number of ether oxygens (including phenoxy) is 1. The minimum Gasteiger partial charge on any atom is -0.497 e. The topological polar surface area (TPSA) is 56.1 Å². The van der Waals surface area contributed by atoms with E-state index in [0.717, 1.165) is 5.56 Å². The molecule has 0 radical (unpaired) electrons. The van der Waals surface area contributed by atoms with E-state index in [9.17, 15) is 4.79 Å². The predicted molar refractivity (Wildman–Crippen MR) is 103 cm³/mol. The summed E-state index contributed by atoms with van der Waals surface area (Å²) in [6.07, 6.45) is 0. The number of amides is 1. The van der Waals surface area contributed by atoms with Crippen molar-refractivity contribution in [2.45, 2.75) is 20.4 Å². The molecule has 1 amide bonds. The van der Waals surface area contributed by atoms with Crippen LogP contribution in [0.1, 0.15) is 27.2 Å². The average Bonchev–Trinajstić information content (AvgIpc) is 2.90. The smallest absolute Gasteiger partial charge is 0.260 e. The summed E-state index contributed by atoms with van der Waals surface area (Å²) in [5.41, 5.74) is 3.86. The average molecular weight is 370 g/mol. The van der Waals surface area contributed by atoms with Crippen LogP contribution in [0.3, 0.4) is 0 Å². The Morgan fingerprint density at radius 1 is 1.19 bits per heavy atom. The minimum atomic E-state index is -0.295. The summed E-state index contributed by atoms with van der Waals surface area (Å²) in [5.74, 6) is 0.372. The van der Waals surface area contributed by atoms with Gasteiger partial charge in [-0.05, 0) is 31.5 Å². The molecule has 0 atom stereocenters. The zero-order chi connectivity index (χ0) is 18.7. The Balaban J connectivity index is 1.82. The highest BCUT2D eigenvalue weighted by Gasteiger charge is 2.20. The van der Waals surface area contributed by atoms with Gasteiger partial charge in [0.25, 0.3) is 5.91 Å². The monoisotopic (exact) mass is 369 g/mol. The molecule has 134 valence electrons. The summed E-state index contributed by atoms with van der Waals surface area (Å²) in [4.78, 5) is 12.7. The zero-order valence-electron chi connectivity index (χ0n) is 14.9. The van der Waals surface area contributed by atoms with Crippen molar-refractivity contribution in [2.75, 3.05) is 12.4 Å². The SMILES string of the molecule is COc1cccc(NC(=O)c2c(C)nn(Cc3ccc(C)cc3)c2Cl)c1. The van der Waals surface area contributed by atoms with Gasteiger partial charge in [0.1, 0.15) is 10.9 Å². The Hall–Kier alpha value is -2.79. The molecule has 6 heteroatoms. The minimum absolute atomic E-state index is 0.295. The normalized spacial score (nSPS) is 10.6. The van der Waals surface area contributed by atoms with Crippen LogP contribution in [0.5, 0.6) is 5.75 Å². The van der Waals surface area contributed by atoms with Crippen LogP contribution in [0.2, 0.25) is 5.15 Å². The largest absolute Gasteiger partial charge is 0.497 e. The molecule has 0 saturated carbocycles. The third-order valence-corrected chi connectivity index (χ3v) is 4.46. The molecule has 3 aromatic rings. The molecule has 0 bridgehead atoms. The maximum atomic E-state index is 12.7. The third-order valence-electron chi connectivity index (χ3n) is 4.07. The molecule has 1 N–H and O–H groups in total. The number of anilines is 1.